The van der Waals surface area contributed by atoms with Gasteiger partial charge in [-0.2, -0.15) is 0 Å². The van der Waals surface area contributed by atoms with E-state index in [0.717, 1.165) is 22.6 Å². The molecule has 4 heteroatoms. The average Bonchev–Trinajstić information content (AvgIpc) is 2.57. The van der Waals surface area contributed by atoms with Gasteiger partial charge in [0.15, 0.2) is 6.10 Å². The summed E-state index contributed by atoms with van der Waals surface area (Å²) in [6, 6.07) is 13.1. The molecule has 2 aromatic carbocycles. The summed E-state index contributed by atoms with van der Waals surface area (Å²) in [7, 11) is 0. The molecule has 0 heterocycles. The van der Waals surface area contributed by atoms with Gasteiger partial charge in [-0.1, -0.05) is 30.9 Å². The predicted octanol–water partition coefficient (Wildman–Crippen LogP) is 4.27. The second kappa shape index (κ2) is 8.20. The van der Waals surface area contributed by atoms with E-state index < -0.39 is 6.10 Å². The maximum absolute atomic E-state index is 12.3. The molecule has 0 bridgehead atoms. The van der Waals surface area contributed by atoms with E-state index in [1.807, 2.05) is 32.0 Å². The topological polar surface area (TPSA) is 47.6 Å². The Kier molecular flexibility index (Phi) is 6.01. The molecule has 0 aliphatic carbocycles. The van der Waals surface area contributed by atoms with Gasteiger partial charge in [0.2, 0.25) is 0 Å². The number of hydrogen-bond donors (Lipinski definition) is 1. The van der Waals surface area contributed by atoms with Crippen LogP contribution in [0.25, 0.3) is 0 Å². The summed E-state index contributed by atoms with van der Waals surface area (Å²) in [5.74, 6) is 1.29. The Morgan fingerprint density at radius 3 is 2.38 bits per heavy atom. The second-order valence-corrected chi connectivity index (χ2v) is 5.59. The van der Waals surface area contributed by atoms with Gasteiger partial charge in [0, 0.05) is 5.69 Å². The van der Waals surface area contributed by atoms with Crippen LogP contribution in [0.5, 0.6) is 11.5 Å². The molecule has 2 aromatic rings. The van der Waals surface area contributed by atoms with Crippen molar-refractivity contribution in [3.63, 3.8) is 0 Å². The molecule has 1 atom stereocenters. The number of hydrogen-bond acceptors (Lipinski definition) is 3. The molecule has 0 saturated carbocycles. The highest BCUT2D eigenvalue weighted by atomic mass is 16.5. The summed E-state index contributed by atoms with van der Waals surface area (Å²) < 4.78 is 11.3. The number of ether oxygens (including phenoxy) is 2. The van der Waals surface area contributed by atoms with Crippen molar-refractivity contribution in [3.05, 3.63) is 66.2 Å². The van der Waals surface area contributed by atoms with Gasteiger partial charge >= 0.3 is 0 Å². The first-order chi connectivity index (χ1) is 11.5. The Balaban J connectivity index is 1.97. The fourth-order valence-corrected chi connectivity index (χ4v) is 2.25. The molecule has 126 valence electrons. The van der Waals surface area contributed by atoms with Crippen molar-refractivity contribution >= 4 is 11.6 Å². The van der Waals surface area contributed by atoms with E-state index in [-0.39, 0.29) is 5.91 Å². The lowest BCUT2D eigenvalue weighted by Gasteiger charge is -2.18. The fraction of sp³-hybridized carbons (Fsp3) is 0.250. The smallest absolute Gasteiger partial charge is 0.265 e. The monoisotopic (exact) mass is 325 g/mol. The van der Waals surface area contributed by atoms with Gasteiger partial charge in [-0.25, -0.2) is 0 Å². The minimum atomic E-state index is -0.596. The summed E-state index contributed by atoms with van der Waals surface area (Å²) in [5.41, 5.74) is 2.72. The Hall–Kier alpha value is -2.75. The van der Waals surface area contributed by atoms with Crippen molar-refractivity contribution in [3.8, 4) is 11.5 Å². The largest absolute Gasteiger partial charge is 0.490 e. The zero-order valence-corrected chi connectivity index (χ0v) is 14.3. The zero-order valence-electron chi connectivity index (χ0n) is 14.3. The lowest BCUT2D eigenvalue weighted by Crippen LogP contribution is -2.30. The Morgan fingerprint density at radius 2 is 1.79 bits per heavy atom. The van der Waals surface area contributed by atoms with E-state index in [1.165, 1.54) is 0 Å². The molecular formula is C20H23NO3. The molecular weight excluding hydrogens is 302 g/mol. The number of para-hydroxylation sites is 1. The van der Waals surface area contributed by atoms with E-state index >= 15 is 0 Å². The molecule has 4 nitrogen and oxygen atoms in total. The third-order valence-electron chi connectivity index (χ3n) is 3.56. The summed E-state index contributed by atoms with van der Waals surface area (Å²) in [5, 5.41) is 2.84. The van der Waals surface area contributed by atoms with Crippen LogP contribution in [0.15, 0.2) is 55.1 Å². The summed E-state index contributed by atoms with van der Waals surface area (Å²) in [6.07, 6.45) is 1.09. The van der Waals surface area contributed by atoms with Gasteiger partial charge in [-0.3, -0.25) is 4.79 Å². The molecule has 0 aliphatic rings. The first-order valence-corrected chi connectivity index (χ1v) is 7.88. The quantitative estimate of drug-likeness (QED) is 0.773. The highest BCUT2D eigenvalue weighted by molar-refractivity contribution is 5.94. The molecule has 0 fully saturated rings. The molecule has 1 N–H and O–H groups in total. The molecule has 2 rings (SSSR count). The van der Waals surface area contributed by atoms with Crippen molar-refractivity contribution in [2.75, 3.05) is 11.9 Å². The van der Waals surface area contributed by atoms with Gasteiger partial charge in [0.25, 0.3) is 5.91 Å². The minimum Gasteiger partial charge on any atom is -0.490 e. The van der Waals surface area contributed by atoms with Crippen molar-refractivity contribution in [2.45, 2.75) is 26.9 Å². The molecule has 0 saturated heterocycles. The molecule has 0 unspecified atom stereocenters. The van der Waals surface area contributed by atoms with Gasteiger partial charge in [-0.15, -0.1) is 0 Å². The Labute approximate surface area is 143 Å². The predicted molar refractivity (Wildman–Crippen MR) is 96.8 cm³/mol. The van der Waals surface area contributed by atoms with Gasteiger partial charge in [0.1, 0.15) is 18.1 Å². The fourth-order valence-electron chi connectivity index (χ4n) is 2.25. The third-order valence-corrected chi connectivity index (χ3v) is 3.56. The molecule has 24 heavy (non-hydrogen) atoms. The molecule has 0 radical (unpaired) electrons. The van der Waals surface area contributed by atoms with Crippen LogP contribution in [-0.2, 0) is 4.79 Å². The second-order valence-electron chi connectivity index (χ2n) is 5.59. The van der Waals surface area contributed by atoms with Crippen LogP contribution in [0.4, 0.5) is 5.69 Å². The lowest BCUT2D eigenvalue weighted by atomic mass is 10.1. The molecule has 0 aliphatic heterocycles. The first-order valence-electron chi connectivity index (χ1n) is 7.88. The Morgan fingerprint density at radius 1 is 1.17 bits per heavy atom. The SMILES string of the molecule is C=CCOc1ccc(NC(=O)[C@@H](C)Oc2c(C)cccc2C)cc1. The number of amides is 1. The maximum Gasteiger partial charge on any atom is 0.265 e. The summed E-state index contributed by atoms with van der Waals surface area (Å²) in [6.45, 7) is 9.73. The van der Waals surface area contributed by atoms with Crippen LogP contribution < -0.4 is 14.8 Å². The average molecular weight is 325 g/mol. The van der Waals surface area contributed by atoms with Gasteiger partial charge in [0.05, 0.1) is 0 Å². The first kappa shape index (κ1) is 17.6. The van der Waals surface area contributed by atoms with E-state index in [4.69, 9.17) is 9.47 Å². The normalized spacial score (nSPS) is 11.5. The molecule has 0 aromatic heterocycles. The lowest BCUT2D eigenvalue weighted by molar-refractivity contribution is -0.122. The number of nitrogens with one attached hydrogen (secondary N) is 1. The van der Waals surface area contributed by atoms with E-state index in [0.29, 0.717) is 12.3 Å². The van der Waals surface area contributed by atoms with Crippen molar-refractivity contribution in [1.82, 2.24) is 0 Å². The van der Waals surface area contributed by atoms with Crippen LogP contribution in [0.3, 0.4) is 0 Å². The van der Waals surface area contributed by atoms with Crippen LogP contribution in [0.2, 0.25) is 0 Å². The number of carbonyl (C=O) groups excluding carboxylic acids is 1. The van der Waals surface area contributed by atoms with E-state index in [2.05, 4.69) is 11.9 Å². The Bertz CT molecular complexity index is 687. The van der Waals surface area contributed by atoms with Gasteiger partial charge < -0.3 is 14.8 Å². The summed E-state index contributed by atoms with van der Waals surface area (Å²) in [4.78, 5) is 12.3. The minimum absolute atomic E-state index is 0.197. The number of rotatable bonds is 7. The van der Waals surface area contributed by atoms with Crippen molar-refractivity contribution in [2.24, 2.45) is 0 Å². The zero-order chi connectivity index (χ0) is 17.5. The van der Waals surface area contributed by atoms with E-state index in [1.54, 1.807) is 37.3 Å². The molecule has 0 spiro atoms. The molecule has 1 amide bonds. The van der Waals surface area contributed by atoms with Crippen LogP contribution in [0.1, 0.15) is 18.1 Å². The number of anilines is 1. The highest BCUT2D eigenvalue weighted by Crippen LogP contribution is 2.24. The van der Waals surface area contributed by atoms with Gasteiger partial charge in [-0.05, 0) is 56.2 Å². The summed E-state index contributed by atoms with van der Waals surface area (Å²) >= 11 is 0. The number of aryl methyl sites for hydroxylation is 2. The number of carbonyl (C=O) groups is 1. The standard InChI is InChI=1S/C20H23NO3/c1-5-13-23-18-11-9-17(10-12-18)21-20(22)16(4)24-19-14(2)7-6-8-15(19)3/h5-12,16H,1,13H2,2-4H3,(H,21,22)/t16-/m1/s1. The van der Waals surface area contributed by atoms with Crippen LogP contribution in [0, 0.1) is 13.8 Å². The van der Waals surface area contributed by atoms with Crippen LogP contribution >= 0.6 is 0 Å². The maximum atomic E-state index is 12.3. The van der Waals surface area contributed by atoms with E-state index in [9.17, 15) is 4.79 Å². The third kappa shape index (κ3) is 4.62. The van der Waals surface area contributed by atoms with Crippen molar-refractivity contribution in [1.29, 1.82) is 0 Å². The van der Waals surface area contributed by atoms with Crippen molar-refractivity contribution < 1.29 is 14.3 Å². The van der Waals surface area contributed by atoms with Crippen LogP contribution in [-0.4, -0.2) is 18.6 Å². The highest BCUT2D eigenvalue weighted by Gasteiger charge is 2.17. The number of benzene rings is 2.